The summed E-state index contributed by atoms with van der Waals surface area (Å²) in [6.07, 6.45) is 8.10. The van der Waals surface area contributed by atoms with E-state index in [-0.39, 0.29) is 12.6 Å². The van der Waals surface area contributed by atoms with Crippen molar-refractivity contribution >= 4 is 0 Å². The highest BCUT2D eigenvalue weighted by Gasteiger charge is 2.27. The van der Waals surface area contributed by atoms with E-state index in [1.54, 1.807) is 0 Å². The van der Waals surface area contributed by atoms with Gasteiger partial charge in [-0.05, 0) is 70.6 Å². The summed E-state index contributed by atoms with van der Waals surface area (Å²) in [4.78, 5) is 5.21. The molecule has 3 aliphatic rings. The van der Waals surface area contributed by atoms with Gasteiger partial charge in [0.2, 0.25) is 0 Å². The van der Waals surface area contributed by atoms with Crippen molar-refractivity contribution in [3.8, 4) is 0 Å². The fourth-order valence-electron chi connectivity index (χ4n) is 3.74. The lowest BCUT2D eigenvalue weighted by atomic mass is 9.96. The average molecular weight is 281 g/mol. The highest BCUT2D eigenvalue weighted by Crippen LogP contribution is 2.22. The molecule has 0 radical (unpaired) electrons. The Balaban J connectivity index is 1.34. The number of nitrogens with one attached hydrogen (secondary N) is 1. The van der Waals surface area contributed by atoms with Crippen molar-refractivity contribution in [3.63, 3.8) is 0 Å². The predicted molar refractivity (Wildman–Crippen MR) is 81.9 cm³/mol. The van der Waals surface area contributed by atoms with Crippen LogP contribution in [0, 0.1) is 5.92 Å². The van der Waals surface area contributed by atoms with Gasteiger partial charge in [-0.2, -0.15) is 0 Å². The molecule has 3 fully saturated rings. The smallest absolute Gasteiger partial charge is 0.0597 e. The molecule has 2 aliphatic heterocycles. The summed E-state index contributed by atoms with van der Waals surface area (Å²) in [6.45, 7) is 7.75. The fourth-order valence-corrected chi connectivity index (χ4v) is 3.74. The molecule has 3 rings (SSSR count). The molecule has 1 saturated carbocycles. The van der Waals surface area contributed by atoms with Gasteiger partial charge in [0.05, 0.1) is 6.61 Å². The van der Waals surface area contributed by atoms with Gasteiger partial charge in [0.15, 0.2) is 0 Å². The van der Waals surface area contributed by atoms with E-state index in [4.69, 9.17) is 0 Å². The minimum Gasteiger partial charge on any atom is -0.395 e. The van der Waals surface area contributed by atoms with Gasteiger partial charge in [0, 0.05) is 25.2 Å². The van der Waals surface area contributed by atoms with Crippen LogP contribution in [0.5, 0.6) is 0 Å². The largest absolute Gasteiger partial charge is 0.395 e. The molecular formula is C16H31N3O. The fraction of sp³-hybridized carbons (Fsp3) is 1.00. The van der Waals surface area contributed by atoms with Crippen molar-refractivity contribution in [2.75, 3.05) is 45.9 Å². The number of nitrogens with zero attached hydrogens (tertiary/aromatic N) is 2. The lowest BCUT2D eigenvalue weighted by Gasteiger charge is -2.35. The number of likely N-dealkylation sites (tertiary alicyclic amines) is 2. The summed E-state index contributed by atoms with van der Waals surface area (Å²) < 4.78 is 0. The van der Waals surface area contributed by atoms with Crippen molar-refractivity contribution in [2.24, 2.45) is 5.92 Å². The number of aliphatic hydroxyl groups is 1. The molecule has 116 valence electrons. The van der Waals surface area contributed by atoms with Crippen LogP contribution in [-0.2, 0) is 0 Å². The number of aliphatic hydroxyl groups excluding tert-OH is 1. The molecular weight excluding hydrogens is 250 g/mol. The van der Waals surface area contributed by atoms with Crippen LogP contribution in [-0.4, -0.2) is 72.9 Å². The summed E-state index contributed by atoms with van der Waals surface area (Å²) in [6, 6.07) is 0.984. The van der Waals surface area contributed by atoms with E-state index in [1.807, 2.05) is 0 Å². The zero-order valence-corrected chi connectivity index (χ0v) is 12.8. The molecule has 0 aromatic carbocycles. The average Bonchev–Trinajstić information content (AvgIpc) is 3.14. The molecule has 0 spiro atoms. The van der Waals surface area contributed by atoms with Gasteiger partial charge >= 0.3 is 0 Å². The second-order valence-corrected chi connectivity index (χ2v) is 7.07. The zero-order valence-electron chi connectivity index (χ0n) is 12.8. The van der Waals surface area contributed by atoms with E-state index in [9.17, 15) is 5.11 Å². The first-order chi connectivity index (χ1) is 9.83. The molecule has 0 aromatic heterocycles. The number of hydrogen-bond acceptors (Lipinski definition) is 4. The molecule has 0 aromatic rings. The number of rotatable bonds is 7. The van der Waals surface area contributed by atoms with Crippen molar-refractivity contribution in [2.45, 2.75) is 50.6 Å². The summed E-state index contributed by atoms with van der Waals surface area (Å²) in [5.74, 6) is 0.910. The van der Waals surface area contributed by atoms with Gasteiger partial charge in [0.25, 0.3) is 0 Å². The Bertz CT molecular complexity index is 281. The van der Waals surface area contributed by atoms with Crippen LogP contribution < -0.4 is 5.32 Å². The van der Waals surface area contributed by atoms with Gasteiger partial charge < -0.3 is 20.2 Å². The molecule has 1 atom stereocenters. The van der Waals surface area contributed by atoms with Crippen LogP contribution in [0.25, 0.3) is 0 Å². The molecule has 2 saturated heterocycles. The third-order valence-corrected chi connectivity index (χ3v) is 5.17. The van der Waals surface area contributed by atoms with E-state index in [0.29, 0.717) is 6.04 Å². The van der Waals surface area contributed by atoms with E-state index in [1.165, 1.54) is 71.2 Å². The van der Waals surface area contributed by atoms with Gasteiger partial charge in [0.1, 0.15) is 0 Å². The summed E-state index contributed by atoms with van der Waals surface area (Å²) in [5.41, 5.74) is 0. The summed E-state index contributed by atoms with van der Waals surface area (Å²) in [7, 11) is 0. The van der Waals surface area contributed by atoms with Crippen molar-refractivity contribution in [1.29, 1.82) is 0 Å². The molecule has 0 amide bonds. The second-order valence-electron chi connectivity index (χ2n) is 7.07. The van der Waals surface area contributed by atoms with E-state index >= 15 is 0 Å². The van der Waals surface area contributed by atoms with Gasteiger partial charge in [-0.15, -0.1) is 0 Å². The van der Waals surface area contributed by atoms with Crippen LogP contribution >= 0.6 is 0 Å². The first-order valence-electron chi connectivity index (χ1n) is 8.65. The highest BCUT2D eigenvalue weighted by molar-refractivity contribution is 4.87. The Morgan fingerprint density at radius 3 is 2.25 bits per heavy atom. The first-order valence-corrected chi connectivity index (χ1v) is 8.65. The molecule has 1 aliphatic carbocycles. The van der Waals surface area contributed by atoms with Crippen LogP contribution in [0.3, 0.4) is 0 Å². The zero-order chi connectivity index (χ0) is 13.8. The van der Waals surface area contributed by atoms with Gasteiger partial charge in [-0.3, -0.25) is 0 Å². The maximum atomic E-state index is 9.48. The standard InChI is InChI=1S/C16H31N3O/c20-13-16(17-15-3-4-15)12-19-9-5-14(6-10-19)11-18-7-1-2-8-18/h14-17,20H,1-13H2. The predicted octanol–water partition coefficient (Wildman–Crippen LogP) is 0.907. The molecule has 4 nitrogen and oxygen atoms in total. The lowest BCUT2D eigenvalue weighted by molar-refractivity contribution is 0.126. The van der Waals surface area contributed by atoms with E-state index in [0.717, 1.165) is 12.5 Å². The Kier molecular flexibility index (Phi) is 5.32. The molecule has 1 unspecified atom stereocenters. The quantitative estimate of drug-likeness (QED) is 0.727. The van der Waals surface area contributed by atoms with Crippen molar-refractivity contribution in [1.82, 2.24) is 15.1 Å². The van der Waals surface area contributed by atoms with E-state index < -0.39 is 0 Å². The number of piperidine rings is 1. The van der Waals surface area contributed by atoms with Gasteiger partial charge in [-0.1, -0.05) is 0 Å². The molecule has 2 N–H and O–H groups in total. The van der Waals surface area contributed by atoms with Crippen molar-refractivity contribution < 1.29 is 5.11 Å². The molecule has 0 bridgehead atoms. The van der Waals surface area contributed by atoms with Crippen LogP contribution in [0.2, 0.25) is 0 Å². The Labute approximate surface area is 123 Å². The molecule has 20 heavy (non-hydrogen) atoms. The van der Waals surface area contributed by atoms with Crippen LogP contribution in [0.4, 0.5) is 0 Å². The Morgan fingerprint density at radius 2 is 1.65 bits per heavy atom. The SMILES string of the molecule is OCC(CN1CCC(CN2CCCC2)CC1)NC1CC1. The highest BCUT2D eigenvalue weighted by atomic mass is 16.3. The topological polar surface area (TPSA) is 38.7 Å². The van der Waals surface area contributed by atoms with Crippen molar-refractivity contribution in [3.05, 3.63) is 0 Å². The third-order valence-electron chi connectivity index (χ3n) is 5.17. The maximum absolute atomic E-state index is 9.48. The molecule has 4 heteroatoms. The molecule has 2 heterocycles. The Morgan fingerprint density at radius 1 is 0.950 bits per heavy atom. The maximum Gasteiger partial charge on any atom is 0.0597 e. The first kappa shape index (κ1) is 14.8. The van der Waals surface area contributed by atoms with Crippen LogP contribution in [0.1, 0.15) is 38.5 Å². The summed E-state index contributed by atoms with van der Waals surface area (Å²) in [5, 5.41) is 13.0. The van der Waals surface area contributed by atoms with Gasteiger partial charge in [-0.25, -0.2) is 0 Å². The number of hydrogen-bond donors (Lipinski definition) is 2. The van der Waals surface area contributed by atoms with Crippen LogP contribution in [0.15, 0.2) is 0 Å². The lowest BCUT2D eigenvalue weighted by Crippen LogP contribution is -2.47. The monoisotopic (exact) mass is 281 g/mol. The second kappa shape index (κ2) is 7.21. The minimum atomic E-state index is 0.282. The minimum absolute atomic E-state index is 0.282. The van der Waals surface area contributed by atoms with E-state index in [2.05, 4.69) is 15.1 Å². The Hall–Kier alpha value is -0.160. The summed E-state index contributed by atoms with van der Waals surface area (Å²) >= 11 is 0. The third kappa shape index (κ3) is 4.42. The normalized spacial score (nSPS) is 28.1.